The van der Waals surface area contributed by atoms with Gasteiger partial charge in [-0.25, -0.2) is 4.39 Å². The molecule has 1 fully saturated rings. The molecule has 5 heterocycles. The number of carbonyl (C=O) groups is 1. The second-order valence-electron chi connectivity index (χ2n) is 10.6. The molecule has 8 nitrogen and oxygen atoms in total. The van der Waals surface area contributed by atoms with E-state index in [1.54, 1.807) is 24.7 Å². The second kappa shape index (κ2) is 10.6. The maximum Gasteiger partial charge on any atom is 0.224 e. The number of amides is 1. The molecule has 4 aromatic heterocycles. The van der Waals surface area contributed by atoms with Crippen molar-refractivity contribution in [3.8, 4) is 33.8 Å². The minimum absolute atomic E-state index is 0.0225. The summed E-state index contributed by atoms with van der Waals surface area (Å²) in [7, 11) is 0. The van der Waals surface area contributed by atoms with Crippen LogP contribution in [0.2, 0.25) is 0 Å². The van der Waals surface area contributed by atoms with E-state index < -0.39 is 0 Å². The van der Waals surface area contributed by atoms with Gasteiger partial charge in [-0.05, 0) is 79.9 Å². The standard InChI is InChI=1S/C32H28FN7O/c33-23-3-1-2-21(13-23)31-26-16-29(38-27(26)8-11-36-31)32-25-15-20(4-5-28(25)39-40-32)22-14-24(18-35-17-22)37-30(41)12-19-6-9-34-10-7-19/h1-5,8,11,13-19,34,38H,6-7,9-10,12H2,(H,37,41)(H,39,40). The molecule has 0 aliphatic carbocycles. The van der Waals surface area contributed by atoms with Crippen LogP contribution in [0.3, 0.4) is 0 Å². The smallest absolute Gasteiger partial charge is 0.224 e. The summed E-state index contributed by atoms with van der Waals surface area (Å²) < 4.78 is 13.9. The molecule has 1 amide bonds. The van der Waals surface area contributed by atoms with Gasteiger partial charge in [0.05, 0.1) is 28.8 Å². The lowest BCUT2D eigenvalue weighted by molar-refractivity contribution is -0.117. The molecular weight excluding hydrogens is 517 g/mol. The number of aromatic amines is 2. The predicted octanol–water partition coefficient (Wildman–Crippen LogP) is 6.30. The summed E-state index contributed by atoms with van der Waals surface area (Å²) in [6.45, 7) is 1.94. The van der Waals surface area contributed by atoms with Gasteiger partial charge in [-0.15, -0.1) is 0 Å². The number of piperidine rings is 1. The van der Waals surface area contributed by atoms with Gasteiger partial charge in [0, 0.05) is 46.2 Å². The number of hydrogen-bond acceptors (Lipinski definition) is 5. The zero-order valence-electron chi connectivity index (χ0n) is 22.2. The molecule has 1 saturated heterocycles. The van der Waals surface area contributed by atoms with Crippen molar-refractivity contribution in [2.75, 3.05) is 18.4 Å². The Labute approximate surface area is 235 Å². The fraction of sp³-hybridized carbons (Fsp3) is 0.188. The summed E-state index contributed by atoms with van der Waals surface area (Å²) in [5.41, 5.74) is 7.33. The average Bonchev–Trinajstić information content (AvgIpc) is 3.61. The van der Waals surface area contributed by atoms with Crippen molar-refractivity contribution in [3.63, 3.8) is 0 Å². The molecule has 4 N–H and O–H groups in total. The highest BCUT2D eigenvalue weighted by Crippen LogP contribution is 2.35. The van der Waals surface area contributed by atoms with Gasteiger partial charge in [0.15, 0.2) is 0 Å². The first kappa shape index (κ1) is 25.1. The molecule has 9 heteroatoms. The first-order valence-electron chi connectivity index (χ1n) is 13.8. The quantitative estimate of drug-likeness (QED) is 0.196. The fourth-order valence-electron chi connectivity index (χ4n) is 5.67. The Morgan fingerprint density at radius 1 is 0.902 bits per heavy atom. The van der Waals surface area contributed by atoms with Gasteiger partial charge in [0.2, 0.25) is 5.91 Å². The molecule has 0 atom stereocenters. The van der Waals surface area contributed by atoms with E-state index in [1.165, 1.54) is 12.1 Å². The maximum atomic E-state index is 13.9. The number of carbonyl (C=O) groups excluding carboxylic acids is 1. The number of H-pyrrole nitrogens is 2. The number of benzene rings is 2. The first-order valence-corrected chi connectivity index (χ1v) is 13.8. The zero-order chi connectivity index (χ0) is 27.8. The largest absolute Gasteiger partial charge is 0.353 e. The van der Waals surface area contributed by atoms with Crippen molar-refractivity contribution < 1.29 is 9.18 Å². The Morgan fingerprint density at radius 3 is 2.66 bits per heavy atom. The van der Waals surface area contributed by atoms with Crippen LogP contribution in [0.1, 0.15) is 19.3 Å². The molecule has 7 rings (SSSR count). The van der Waals surface area contributed by atoms with Crippen LogP contribution in [-0.4, -0.2) is 44.1 Å². The topological polar surface area (TPSA) is 111 Å². The third kappa shape index (κ3) is 5.07. The Morgan fingerprint density at radius 2 is 1.78 bits per heavy atom. The monoisotopic (exact) mass is 545 g/mol. The molecule has 6 aromatic rings. The van der Waals surface area contributed by atoms with Gasteiger partial charge in [-0.3, -0.25) is 19.9 Å². The molecule has 1 aliphatic heterocycles. The lowest BCUT2D eigenvalue weighted by Crippen LogP contribution is -2.30. The summed E-state index contributed by atoms with van der Waals surface area (Å²) in [5.74, 6) is 0.136. The van der Waals surface area contributed by atoms with Gasteiger partial charge >= 0.3 is 0 Å². The van der Waals surface area contributed by atoms with E-state index in [2.05, 4.69) is 41.8 Å². The van der Waals surface area contributed by atoms with Crippen molar-refractivity contribution in [2.45, 2.75) is 19.3 Å². The Balaban J connectivity index is 1.19. The predicted molar refractivity (Wildman–Crippen MR) is 159 cm³/mol. The van der Waals surface area contributed by atoms with Crippen LogP contribution in [0, 0.1) is 11.7 Å². The second-order valence-corrected chi connectivity index (χ2v) is 10.6. The summed E-state index contributed by atoms with van der Waals surface area (Å²) >= 11 is 0. The fourth-order valence-corrected chi connectivity index (χ4v) is 5.67. The van der Waals surface area contributed by atoms with Crippen LogP contribution in [0.5, 0.6) is 0 Å². The SMILES string of the molecule is O=C(CC1CCNCC1)Nc1cncc(-c2ccc3[nH]nc(-c4cc5c(-c6cccc(F)c6)nccc5[nH]4)c3c2)c1. The van der Waals surface area contributed by atoms with E-state index in [4.69, 9.17) is 0 Å². The van der Waals surface area contributed by atoms with Crippen molar-refractivity contribution in [1.82, 2.24) is 30.5 Å². The number of rotatable bonds is 6. The molecule has 2 aromatic carbocycles. The summed E-state index contributed by atoms with van der Waals surface area (Å²) in [5, 5.41) is 15.9. The van der Waals surface area contributed by atoms with Crippen molar-refractivity contribution >= 4 is 33.4 Å². The molecular formula is C32H28FN7O. The van der Waals surface area contributed by atoms with E-state index >= 15 is 0 Å². The minimum Gasteiger partial charge on any atom is -0.353 e. The molecule has 0 radical (unpaired) electrons. The van der Waals surface area contributed by atoms with Crippen LogP contribution < -0.4 is 10.6 Å². The number of nitrogens with zero attached hydrogens (tertiary/aromatic N) is 3. The summed E-state index contributed by atoms with van der Waals surface area (Å²) in [6, 6.07) is 18.4. The van der Waals surface area contributed by atoms with Gasteiger partial charge < -0.3 is 15.6 Å². The molecule has 0 saturated carbocycles. The van der Waals surface area contributed by atoms with Gasteiger partial charge in [-0.2, -0.15) is 5.10 Å². The average molecular weight is 546 g/mol. The van der Waals surface area contributed by atoms with E-state index in [1.807, 2.05) is 36.4 Å². The normalized spacial score (nSPS) is 14.1. The van der Waals surface area contributed by atoms with Crippen LogP contribution >= 0.6 is 0 Å². The van der Waals surface area contributed by atoms with E-state index in [-0.39, 0.29) is 11.7 Å². The first-order chi connectivity index (χ1) is 20.1. The summed E-state index contributed by atoms with van der Waals surface area (Å²) in [4.78, 5) is 25.1. The minimum atomic E-state index is -0.303. The van der Waals surface area contributed by atoms with Crippen molar-refractivity contribution in [1.29, 1.82) is 0 Å². The van der Waals surface area contributed by atoms with Crippen molar-refractivity contribution in [3.05, 3.63) is 85.1 Å². The van der Waals surface area contributed by atoms with E-state index in [0.717, 1.165) is 70.3 Å². The molecule has 0 unspecified atom stereocenters. The molecule has 0 spiro atoms. The number of aromatic nitrogens is 5. The van der Waals surface area contributed by atoms with Crippen molar-refractivity contribution in [2.24, 2.45) is 5.92 Å². The Hall–Kier alpha value is -4.89. The van der Waals surface area contributed by atoms with Crippen LogP contribution in [0.4, 0.5) is 10.1 Å². The third-order valence-electron chi connectivity index (χ3n) is 7.75. The van der Waals surface area contributed by atoms with Crippen LogP contribution in [-0.2, 0) is 4.79 Å². The number of pyridine rings is 2. The number of hydrogen-bond donors (Lipinski definition) is 4. The molecule has 1 aliphatic rings. The third-order valence-corrected chi connectivity index (χ3v) is 7.75. The Bertz CT molecular complexity index is 1890. The zero-order valence-corrected chi connectivity index (χ0v) is 22.2. The number of halogens is 1. The number of fused-ring (bicyclic) bond motifs is 2. The van der Waals surface area contributed by atoms with Crippen LogP contribution in [0.25, 0.3) is 55.6 Å². The molecule has 41 heavy (non-hydrogen) atoms. The van der Waals surface area contributed by atoms with E-state index in [0.29, 0.717) is 29.3 Å². The highest BCUT2D eigenvalue weighted by atomic mass is 19.1. The van der Waals surface area contributed by atoms with Crippen LogP contribution in [0.15, 0.2) is 79.3 Å². The van der Waals surface area contributed by atoms with Gasteiger partial charge in [-0.1, -0.05) is 18.2 Å². The molecule has 0 bridgehead atoms. The lowest BCUT2D eigenvalue weighted by Gasteiger charge is -2.21. The maximum absolute atomic E-state index is 13.9. The highest BCUT2D eigenvalue weighted by Gasteiger charge is 2.18. The molecule has 204 valence electrons. The van der Waals surface area contributed by atoms with Gasteiger partial charge in [0.25, 0.3) is 0 Å². The Kier molecular flexibility index (Phi) is 6.48. The number of anilines is 1. The number of nitrogens with one attached hydrogen (secondary N) is 4. The lowest BCUT2D eigenvalue weighted by atomic mass is 9.94. The van der Waals surface area contributed by atoms with E-state index in [9.17, 15) is 9.18 Å². The van der Waals surface area contributed by atoms with Gasteiger partial charge in [0.1, 0.15) is 11.5 Å². The summed E-state index contributed by atoms with van der Waals surface area (Å²) in [6.07, 6.45) is 7.77. The highest BCUT2D eigenvalue weighted by molar-refractivity contribution is 6.01.